The SMILES string of the molecule is CC(C)c1ccnc(N2CC3CSC(N)=NC3(c3cccs3)C2)n1. The van der Waals surface area contributed by atoms with Crippen LogP contribution in [0, 0.1) is 5.92 Å². The summed E-state index contributed by atoms with van der Waals surface area (Å²) in [6, 6.07) is 6.27. The van der Waals surface area contributed by atoms with Crippen LogP contribution >= 0.6 is 23.1 Å². The maximum Gasteiger partial charge on any atom is 0.225 e. The fourth-order valence-corrected chi connectivity index (χ4v) is 5.40. The van der Waals surface area contributed by atoms with Crippen LogP contribution in [0.2, 0.25) is 0 Å². The van der Waals surface area contributed by atoms with E-state index in [0.717, 1.165) is 30.5 Å². The highest BCUT2D eigenvalue weighted by Crippen LogP contribution is 2.47. The first-order valence-electron chi connectivity index (χ1n) is 8.18. The summed E-state index contributed by atoms with van der Waals surface area (Å²) in [5.74, 6) is 2.63. The predicted octanol–water partition coefficient (Wildman–Crippen LogP) is 3.05. The number of hydrogen-bond donors (Lipinski definition) is 1. The summed E-state index contributed by atoms with van der Waals surface area (Å²) in [7, 11) is 0. The number of nitrogens with zero attached hydrogens (tertiary/aromatic N) is 4. The third kappa shape index (κ3) is 2.59. The summed E-state index contributed by atoms with van der Waals surface area (Å²) in [5.41, 5.74) is 6.93. The van der Waals surface area contributed by atoms with E-state index >= 15 is 0 Å². The lowest BCUT2D eigenvalue weighted by Gasteiger charge is -2.33. The van der Waals surface area contributed by atoms with E-state index in [4.69, 9.17) is 15.7 Å². The van der Waals surface area contributed by atoms with Crippen LogP contribution in [0.25, 0.3) is 0 Å². The summed E-state index contributed by atoms with van der Waals surface area (Å²) in [6.45, 7) is 6.03. The van der Waals surface area contributed by atoms with Crippen molar-refractivity contribution in [2.75, 3.05) is 23.7 Å². The molecular formula is C17H21N5S2. The van der Waals surface area contributed by atoms with E-state index < -0.39 is 0 Å². The van der Waals surface area contributed by atoms with Crippen LogP contribution in [0.5, 0.6) is 0 Å². The zero-order valence-corrected chi connectivity index (χ0v) is 15.5. The van der Waals surface area contributed by atoms with E-state index in [1.807, 2.05) is 12.3 Å². The molecule has 4 heterocycles. The first-order valence-corrected chi connectivity index (χ1v) is 10.0. The molecule has 2 unspecified atom stereocenters. The van der Waals surface area contributed by atoms with Gasteiger partial charge in [-0.05, 0) is 23.4 Å². The molecule has 2 aliphatic heterocycles. The Bertz CT molecular complexity index is 758. The molecule has 1 saturated heterocycles. The molecule has 1 fully saturated rings. The molecule has 2 aromatic heterocycles. The van der Waals surface area contributed by atoms with E-state index in [0.29, 0.717) is 17.0 Å². The van der Waals surface area contributed by atoms with Crippen LogP contribution in [-0.2, 0) is 5.54 Å². The molecule has 0 saturated carbocycles. The molecule has 4 rings (SSSR count). The largest absolute Gasteiger partial charge is 0.379 e. The van der Waals surface area contributed by atoms with Gasteiger partial charge in [-0.25, -0.2) is 15.0 Å². The second-order valence-electron chi connectivity index (χ2n) is 6.68. The first kappa shape index (κ1) is 15.9. The standard InChI is InChI=1S/C17H21N5S2/c1-11(2)13-5-6-19-16(20-13)22-8-12-9-24-15(18)21-17(12,10-22)14-4-3-7-23-14/h3-7,11-12H,8-10H2,1-2H3,(H2,18,21). The molecule has 7 heteroatoms. The van der Waals surface area contributed by atoms with Crippen LogP contribution in [0.4, 0.5) is 5.95 Å². The number of nitrogens with two attached hydrogens (primary N) is 1. The zero-order chi connectivity index (χ0) is 16.7. The lowest BCUT2D eigenvalue weighted by Crippen LogP contribution is -2.39. The van der Waals surface area contributed by atoms with Crippen LogP contribution < -0.4 is 10.6 Å². The summed E-state index contributed by atoms with van der Waals surface area (Å²) in [6.07, 6.45) is 1.86. The molecule has 0 aliphatic carbocycles. The quantitative estimate of drug-likeness (QED) is 0.912. The molecule has 0 radical (unpaired) electrons. The van der Waals surface area contributed by atoms with Crippen LogP contribution in [0.3, 0.4) is 0 Å². The van der Waals surface area contributed by atoms with Crippen LogP contribution in [0.1, 0.15) is 30.3 Å². The van der Waals surface area contributed by atoms with Gasteiger partial charge in [0.05, 0.1) is 6.54 Å². The first-order chi connectivity index (χ1) is 11.6. The number of thiophene rings is 1. The third-order valence-corrected chi connectivity index (χ3v) is 6.77. The van der Waals surface area contributed by atoms with Crippen molar-refractivity contribution in [1.29, 1.82) is 0 Å². The normalized spacial score (nSPS) is 26.5. The number of amidine groups is 1. The van der Waals surface area contributed by atoms with Crippen molar-refractivity contribution < 1.29 is 0 Å². The molecular weight excluding hydrogens is 338 g/mol. The van der Waals surface area contributed by atoms with Gasteiger partial charge in [0.2, 0.25) is 5.95 Å². The topological polar surface area (TPSA) is 67.4 Å². The molecule has 0 spiro atoms. The second kappa shape index (κ2) is 6.04. The maximum absolute atomic E-state index is 6.10. The average molecular weight is 360 g/mol. The fraction of sp³-hybridized carbons (Fsp3) is 0.471. The van der Waals surface area contributed by atoms with Gasteiger partial charge in [-0.3, -0.25) is 0 Å². The smallest absolute Gasteiger partial charge is 0.225 e. The van der Waals surface area contributed by atoms with Gasteiger partial charge in [0.25, 0.3) is 0 Å². The van der Waals surface area contributed by atoms with E-state index in [1.54, 1.807) is 23.1 Å². The van der Waals surface area contributed by atoms with Gasteiger partial charge in [-0.15, -0.1) is 11.3 Å². The number of fused-ring (bicyclic) bond motifs is 1. The van der Waals surface area contributed by atoms with Gasteiger partial charge >= 0.3 is 0 Å². The molecule has 2 atom stereocenters. The highest BCUT2D eigenvalue weighted by molar-refractivity contribution is 8.13. The Morgan fingerprint density at radius 3 is 3.00 bits per heavy atom. The van der Waals surface area contributed by atoms with E-state index in [-0.39, 0.29) is 5.54 Å². The molecule has 2 aliphatic rings. The van der Waals surface area contributed by atoms with Crippen molar-refractivity contribution >= 4 is 34.2 Å². The summed E-state index contributed by atoms with van der Waals surface area (Å²) < 4.78 is 0. The lowest BCUT2D eigenvalue weighted by atomic mass is 9.87. The molecule has 0 aromatic carbocycles. The van der Waals surface area contributed by atoms with Crippen molar-refractivity contribution in [1.82, 2.24) is 9.97 Å². The van der Waals surface area contributed by atoms with Gasteiger partial charge in [0.15, 0.2) is 5.17 Å². The average Bonchev–Trinajstić information content (AvgIpc) is 3.22. The molecule has 24 heavy (non-hydrogen) atoms. The Hall–Kier alpha value is -1.60. The molecule has 2 N–H and O–H groups in total. The Morgan fingerprint density at radius 1 is 1.38 bits per heavy atom. The highest BCUT2D eigenvalue weighted by atomic mass is 32.2. The molecule has 5 nitrogen and oxygen atoms in total. The molecule has 126 valence electrons. The summed E-state index contributed by atoms with van der Waals surface area (Å²) in [4.78, 5) is 17.8. The zero-order valence-electron chi connectivity index (χ0n) is 13.8. The number of aromatic nitrogens is 2. The number of hydrogen-bond acceptors (Lipinski definition) is 7. The van der Waals surface area contributed by atoms with Gasteiger partial charge in [-0.1, -0.05) is 31.7 Å². The van der Waals surface area contributed by atoms with Crippen molar-refractivity contribution in [2.45, 2.75) is 25.3 Å². The molecule has 2 aromatic rings. The van der Waals surface area contributed by atoms with Crippen LogP contribution in [0.15, 0.2) is 34.8 Å². The van der Waals surface area contributed by atoms with Crippen LogP contribution in [-0.4, -0.2) is 34.0 Å². The minimum atomic E-state index is -0.249. The molecule has 0 bridgehead atoms. The van der Waals surface area contributed by atoms with Gasteiger partial charge < -0.3 is 10.6 Å². The Balaban J connectivity index is 1.72. The van der Waals surface area contributed by atoms with Gasteiger partial charge in [0.1, 0.15) is 5.54 Å². The maximum atomic E-state index is 6.10. The minimum Gasteiger partial charge on any atom is -0.379 e. The monoisotopic (exact) mass is 359 g/mol. The van der Waals surface area contributed by atoms with E-state index in [2.05, 4.69) is 41.2 Å². The Kier molecular flexibility index (Phi) is 4.00. The summed E-state index contributed by atoms with van der Waals surface area (Å²) >= 11 is 3.43. The van der Waals surface area contributed by atoms with Gasteiger partial charge in [-0.2, -0.15) is 0 Å². The minimum absolute atomic E-state index is 0.249. The number of aliphatic imine (C=N–C) groups is 1. The Labute approximate surface area is 150 Å². The number of anilines is 1. The van der Waals surface area contributed by atoms with Crippen molar-refractivity contribution in [3.63, 3.8) is 0 Å². The number of thioether (sulfide) groups is 1. The van der Waals surface area contributed by atoms with E-state index in [9.17, 15) is 0 Å². The highest BCUT2D eigenvalue weighted by Gasteiger charge is 2.51. The van der Waals surface area contributed by atoms with E-state index in [1.165, 1.54) is 4.88 Å². The van der Waals surface area contributed by atoms with Crippen molar-refractivity contribution in [3.05, 3.63) is 40.3 Å². The lowest BCUT2D eigenvalue weighted by molar-refractivity contribution is 0.395. The second-order valence-corrected chi connectivity index (χ2v) is 8.66. The van der Waals surface area contributed by atoms with Crippen molar-refractivity contribution in [2.24, 2.45) is 16.6 Å². The number of rotatable bonds is 3. The van der Waals surface area contributed by atoms with Gasteiger partial charge in [0, 0.05) is 35.0 Å². The predicted molar refractivity (Wildman–Crippen MR) is 102 cm³/mol. The third-order valence-electron chi connectivity index (χ3n) is 4.78. The fourth-order valence-electron chi connectivity index (χ4n) is 3.48. The van der Waals surface area contributed by atoms with Crippen molar-refractivity contribution in [3.8, 4) is 0 Å². The summed E-state index contributed by atoms with van der Waals surface area (Å²) in [5, 5.41) is 2.81. The Morgan fingerprint density at radius 2 is 2.25 bits per heavy atom. The molecule has 0 amide bonds.